The molecule has 2 aromatic rings. The van der Waals surface area contributed by atoms with E-state index in [2.05, 4.69) is 4.98 Å². The van der Waals surface area contributed by atoms with Crippen LogP contribution in [0.4, 0.5) is 0 Å². The Labute approximate surface area is 134 Å². The van der Waals surface area contributed by atoms with Gasteiger partial charge in [0.1, 0.15) is 5.82 Å². The lowest BCUT2D eigenvalue weighted by Gasteiger charge is -2.17. The van der Waals surface area contributed by atoms with Gasteiger partial charge in [0.25, 0.3) is 5.91 Å². The van der Waals surface area contributed by atoms with E-state index in [4.69, 9.17) is 0 Å². The number of rotatable bonds is 2. The molecule has 0 aliphatic carbocycles. The molecule has 0 aromatic carbocycles. The number of pyridine rings is 1. The van der Waals surface area contributed by atoms with Crippen molar-refractivity contribution in [2.75, 3.05) is 24.6 Å². The molecule has 0 N–H and O–H groups in total. The van der Waals surface area contributed by atoms with Crippen LogP contribution in [0, 0.1) is 11.8 Å². The molecule has 23 heavy (non-hydrogen) atoms. The zero-order valence-electron chi connectivity index (χ0n) is 12.5. The summed E-state index contributed by atoms with van der Waals surface area (Å²) in [5.74, 6) is 1.26. The van der Waals surface area contributed by atoms with E-state index in [9.17, 15) is 13.2 Å². The van der Waals surface area contributed by atoms with Gasteiger partial charge in [0.05, 0.1) is 11.5 Å². The highest BCUT2D eigenvalue weighted by atomic mass is 32.2. The summed E-state index contributed by atoms with van der Waals surface area (Å²) in [5.41, 5.74) is 0.589. The molecule has 4 rings (SSSR count). The van der Waals surface area contributed by atoms with Gasteiger partial charge >= 0.3 is 0 Å². The van der Waals surface area contributed by atoms with Crippen molar-refractivity contribution in [3.8, 4) is 5.82 Å². The number of sulfone groups is 1. The fraction of sp³-hybridized carbons (Fsp3) is 0.375. The van der Waals surface area contributed by atoms with Crippen molar-refractivity contribution in [2.45, 2.75) is 0 Å². The van der Waals surface area contributed by atoms with Crippen LogP contribution in [-0.4, -0.2) is 53.4 Å². The molecule has 7 heteroatoms. The van der Waals surface area contributed by atoms with E-state index in [1.54, 1.807) is 23.2 Å². The molecule has 0 spiro atoms. The number of nitrogens with zero attached hydrogens (tertiary/aromatic N) is 3. The smallest absolute Gasteiger partial charge is 0.254 e. The fourth-order valence-corrected chi connectivity index (χ4v) is 5.76. The quantitative estimate of drug-likeness (QED) is 0.823. The van der Waals surface area contributed by atoms with Crippen LogP contribution in [0.1, 0.15) is 10.4 Å². The Bertz CT molecular complexity index is 825. The Kier molecular flexibility index (Phi) is 3.26. The Morgan fingerprint density at radius 3 is 2.43 bits per heavy atom. The van der Waals surface area contributed by atoms with Crippen LogP contribution in [0.15, 0.2) is 42.9 Å². The Morgan fingerprint density at radius 1 is 1.13 bits per heavy atom. The molecule has 2 aliphatic heterocycles. The van der Waals surface area contributed by atoms with Crippen LogP contribution in [0.3, 0.4) is 0 Å². The normalized spacial score (nSPS) is 25.5. The van der Waals surface area contributed by atoms with Crippen molar-refractivity contribution in [2.24, 2.45) is 11.8 Å². The number of likely N-dealkylation sites (tertiary alicyclic amines) is 1. The van der Waals surface area contributed by atoms with Crippen molar-refractivity contribution in [3.05, 3.63) is 48.4 Å². The van der Waals surface area contributed by atoms with Gasteiger partial charge in [-0.05, 0) is 36.1 Å². The van der Waals surface area contributed by atoms with E-state index in [1.165, 1.54) is 0 Å². The SMILES string of the molecule is O=C(c1ccnc(-n2cccc2)c1)N1C[C@@H]2CS(=O)(=O)C[C@@H]2C1. The first kappa shape index (κ1) is 14.4. The minimum Gasteiger partial charge on any atom is -0.338 e. The summed E-state index contributed by atoms with van der Waals surface area (Å²) in [7, 11) is -2.91. The van der Waals surface area contributed by atoms with Crippen LogP contribution in [0.5, 0.6) is 0 Å². The number of fused-ring (bicyclic) bond motifs is 1. The summed E-state index contributed by atoms with van der Waals surface area (Å²) in [6, 6.07) is 7.28. The molecule has 1 amide bonds. The molecule has 0 radical (unpaired) electrons. The van der Waals surface area contributed by atoms with Crippen molar-refractivity contribution in [1.82, 2.24) is 14.5 Å². The van der Waals surface area contributed by atoms with Gasteiger partial charge in [-0.15, -0.1) is 0 Å². The maximum absolute atomic E-state index is 12.7. The summed E-state index contributed by atoms with van der Waals surface area (Å²) in [5, 5.41) is 0. The third kappa shape index (κ3) is 2.65. The van der Waals surface area contributed by atoms with Gasteiger partial charge in [-0.1, -0.05) is 0 Å². The molecule has 4 heterocycles. The molecule has 2 aliphatic rings. The number of carbonyl (C=O) groups is 1. The number of aromatic nitrogens is 2. The van der Waals surface area contributed by atoms with Gasteiger partial charge in [0.15, 0.2) is 9.84 Å². The molecule has 2 saturated heterocycles. The highest BCUT2D eigenvalue weighted by molar-refractivity contribution is 7.91. The first-order valence-corrected chi connectivity index (χ1v) is 9.43. The molecular weight excluding hydrogens is 314 g/mol. The molecule has 120 valence electrons. The minimum absolute atomic E-state index is 0.0485. The zero-order valence-corrected chi connectivity index (χ0v) is 13.3. The van der Waals surface area contributed by atoms with Gasteiger partial charge in [0, 0.05) is 37.2 Å². The fourth-order valence-electron chi connectivity index (χ4n) is 3.57. The monoisotopic (exact) mass is 331 g/mol. The highest BCUT2D eigenvalue weighted by Gasteiger charge is 2.44. The average molecular weight is 331 g/mol. The minimum atomic E-state index is -2.91. The van der Waals surface area contributed by atoms with E-state index < -0.39 is 9.84 Å². The Hall–Kier alpha value is -2.15. The van der Waals surface area contributed by atoms with E-state index in [0.29, 0.717) is 24.5 Å². The van der Waals surface area contributed by atoms with E-state index in [1.807, 2.05) is 29.1 Å². The lowest BCUT2D eigenvalue weighted by Crippen LogP contribution is -2.31. The van der Waals surface area contributed by atoms with Gasteiger partial charge in [0.2, 0.25) is 0 Å². The van der Waals surface area contributed by atoms with Crippen LogP contribution >= 0.6 is 0 Å². The van der Waals surface area contributed by atoms with Crippen LogP contribution in [-0.2, 0) is 9.84 Å². The predicted molar refractivity (Wildman–Crippen MR) is 85.1 cm³/mol. The van der Waals surface area contributed by atoms with E-state index >= 15 is 0 Å². The van der Waals surface area contributed by atoms with Crippen LogP contribution < -0.4 is 0 Å². The predicted octanol–water partition coefficient (Wildman–Crippen LogP) is 0.989. The first-order valence-electron chi connectivity index (χ1n) is 7.61. The topological polar surface area (TPSA) is 72.3 Å². The van der Waals surface area contributed by atoms with E-state index in [-0.39, 0.29) is 29.2 Å². The highest BCUT2D eigenvalue weighted by Crippen LogP contribution is 2.33. The maximum Gasteiger partial charge on any atom is 0.254 e. The van der Waals surface area contributed by atoms with Gasteiger partial charge in [-0.2, -0.15) is 0 Å². The number of amides is 1. The molecule has 0 saturated carbocycles. The Morgan fingerprint density at radius 2 is 1.78 bits per heavy atom. The largest absolute Gasteiger partial charge is 0.338 e. The summed E-state index contributed by atoms with van der Waals surface area (Å²) in [4.78, 5) is 18.8. The second kappa shape index (κ2) is 5.19. The van der Waals surface area contributed by atoms with E-state index in [0.717, 1.165) is 0 Å². The molecule has 2 fully saturated rings. The number of hydrogen-bond donors (Lipinski definition) is 0. The van der Waals surface area contributed by atoms with Crippen LogP contribution in [0.2, 0.25) is 0 Å². The van der Waals surface area contributed by atoms with Crippen LogP contribution in [0.25, 0.3) is 5.82 Å². The zero-order chi connectivity index (χ0) is 16.0. The number of hydrogen-bond acceptors (Lipinski definition) is 4. The summed E-state index contributed by atoms with van der Waals surface area (Å²) < 4.78 is 25.2. The standard InChI is InChI=1S/C16H17N3O3S/c20-16(19-8-13-10-23(21,22)11-14(13)9-19)12-3-4-17-15(7-12)18-5-1-2-6-18/h1-7,13-14H,8-11H2/t13-,14+. The lowest BCUT2D eigenvalue weighted by molar-refractivity contribution is 0.0784. The second-order valence-corrected chi connectivity index (χ2v) is 8.45. The molecular formula is C16H17N3O3S. The molecule has 2 atom stereocenters. The summed E-state index contributed by atoms with van der Waals surface area (Å²) >= 11 is 0. The second-order valence-electron chi connectivity index (χ2n) is 6.30. The molecule has 2 aromatic heterocycles. The molecule has 6 nitrogen and oxygen atoms in total. The average Bonchev–Trinajstić information content (AvgIpc) is 3.21. The van der Waals surface area contributed by atoms with Crippen molar-refractivity contribution < 1.29 is 13.2 Å². The Balaban J connectivity index is 1.54. The van der Waals surface area contributed by atoms with Crippen molar-refractivity contribution in [3.63, 3.8) is 0 Å². The summed E-state index contributed by atoms with van der Waals surface area (Å²) in [6.07, 6.45) is 5.38. The van der Waals surface area contributed by atoms with Gasteiger partial charge < -0.3 is 9.47 Å². The maximum atomic E-state index is 12.7. The first-order chi connectivity index (χ1) is 11.0. The van der Waals surface area contributed by atoms with Crippen molar-refractivity contribution >= 4 is 15.7 Å². The molecule has 0 bridgehead atoms. The van der Waals surface area contributed by atoms with Gasteiger partial charge in [-0.3, -0.25) is 4.79 Å². The summed E-state index contributed by atoms with van der Waals surface area (Å²) in [6.45, 7) is 1.06. The molecule has 0 unspecified atom stereocenters. The van der Waals surface area contributed by atoms with Crippen molar-refractivity contribution in [1.29, 1.82) is 0 Å². The third-order valence-corrected chi connectivity index (χ3v) is 6.53. The lowest BCUT2D eigenvalue weighted by atomic mass is 10.0. The number of carbonyl (C=O) groups excluding carboxylic acids is 1. The van der Waals surface area contributed by atoms with Gasteiger partial charge in [-0.25, -0.2) is 13.4 Å². The third-order valence-electron chi connectivity index (χ3n) is 4.66.